The number of halogens is 1. The molecule has 28 heavy (non-hydrogen) atoms. The van der Waals surface area contributed by atoms with Crippen molar-refractivity contribution in [1.82, 2.24) is 9.97 Å². The number of unbranched alkanes of at least 4 members (excludes halogenated alkanes) is 4. The molecule has 3 aromatic rings. The summed E-state index contributed by atoms with van der Waals surface area (Å²) in [5.41, 5.74) is 3.05. The predicted octanol–water partition coefficient (Wildman–Crippen LogP) is 2.68. The van der Waals surface area contributed by atoms with Gasteiger partial charge in [-0.25, -0.2) is 0 Å². The summed E-state index contributed by atoms with van der Waals surface area (Å²) in [4.78, 5) is 19.1. The smallest absolute Gasteiger partial charge is 1.00 e. The van der Waals surface area contributed by atoms with Crippen LogP contribution < -0.4 is 12.4 Å². The standard InChI is InChI=1S/C14H10N2.C9H15O.ClH.Pd/c1-2-9-15-13(8-1)12-7-3-5-11-6-4-10-16-14(11)12;1-3-4-5-6-7-8-9(2)10;;/h1-10H;6-8H,3-5H2,1-2H3;1H;/q;;;+2/p-1. The predicted molar refractivity (Wildman–Crippen MR) is 108 cm³/mol. The Kier molecular flexibility index (Phi) is 14.5. The largest absolute Gasteiger partial charge is 2.00 e. The number of carbonyl (C=O) groups excluding carboxylic acids is 1. The van der Waals surface area contributed by atoms with E-state index in [-0.39, 0.29) is 38.6 Å². The summed E-state index contributed by atoms with van der Waals surface area (Å²) < 4.78 is 0. The molecule has 0 aliphatic rings. The summed E-state index contributed by atoms with van der Waals surface area (Å²) in [6.07, 6.45) is 12.6. The number of hydrogen-bond acceptors (Lipinski definition) is 3. The molecule has 5 heteroatoms. The molecule has 0 saturated carbocycles. The maximum Gasteiger partial charge on any atom is 2.00 e. The van der Waals surface area contributed by atoms with E-state index in [1.54, 1.807) is 19.5 Å². The molecular formula is C23H25ClN2OPd+. The Morgan fingerprint density at radius 2 is 1.75 bits per heavy atom. The minimum Gasteiger partial charge on any atom is -1.00 e. The van der Waals surface area contributed by atoms with Gasteiger partial charge in [0.2, 0.25) is 0 Å². The van der Waals surface area contributed by atoms with Gasteiger partial charge in [0.1, 0.15) is 5.78 Å². The zero-order valence-electron chi connectivity index (χ0n) is 16.1. The Bertz CT molecular complexity index is 807. The van der Waals surface area contributed by atoms with Crippen LogP contribution in [0.1, 0.15) is 33.1 Å². The molecule has 0 fully saturated rings. The van der Waals surface area contributed by atoms with E-state index in [0.717, 1.165) is 28.6 Å². The van der Waals surface area contributed by atoms with Crippen LogP contribution in [-0.4, -0.2) is 15.8 Å². The van der Waals surface area contributed by atoms with Crippen LogP contribution in [0.25, 0.3) is 22.2 Å². The molecule has 149 valence electrons. The van der Waals surface area contributed by atoms with Crippen LogP contribution >= 0.6 is 0 Å². The molecule has 1 aromatic carbocycles. The molecule has 2 aromatic heterocycles. The van der Waals surface area contributed by atoms with Gasteiger partial charge in [-0.2, -0.15) is 0 Å². The van der Waals surface area contributed by atoms with E-state index in [9.17, 15) is 4.79 Å². The van der Waals surface area contributed by atoms with Gasteiger partial charge in [-0.3, -0.25) is 14.8 Å². The van der Waals surface area contributed by atoms with E-state index in [1.807, 2.05) is 49.4 Å². The summed E-state index contributed by atoms with van der Waals surface area (Å²) in [5, 5.41) is 1.14. The first-order chi connectivity index (χ1) is 12.7. The third kappa shape index (κ3) is 9.06. The van der Waals surface area contributed by atoms with Crippen LogP contribution in [0.4, 0.5) is 0 Å². The van der Waals surface area contributed by atoms with E-state index < -0.39 is 0 Å². The summed E-state index contributed by atoms with van der Waals surface area (Å²) in [7, 11) is 0. The third-order valence-corrected chi connectivity index (χ3v) is 3.76. The number of fused-ring (bicyclic) bond motifs is 1. The van der Waals surface area contributed by atoms with Crippen molar-refractivity contribution < 1.29 is 37.6 Å². The van der Waals surface area contributed by atoms with Gasteiger partial charge in [0, 0.05) is 29.8 Å². The summed E-state index contributed by atoms with van der Waals surface area (Å²) in [6.45, 7) is 3.71. The molecule has 0 unspecified atom stereocenters. The van der Waals surface area contributed by atoms with Crippen molar-refractivity contribution in [1.29, 1.82) is 0 Å². The minimum atomic E-state index is 0. The van der Waals surface area contributed by atoms with Crippen molar-refractivity contribution >= 4 is 16.7 Å². The van der Waals surface area contributed by atoms with Gasteiger partial charge in [0.15, 0.2) is 0 Å². The number of aromatic nitrogens is 2. The molecule has 3 nitrogen and oxygen atoms in total. The Labute approximate surface area is 188 Å². The van der Waals surface area contributed by atoms with Gasteiger partial charge in [-0.1, -0.05) is 50.1 Å². The fourth-order valence-corrected chi connectivity index (χ4v) is 2.45. The van der Waals surface area contributed by atoms with Gasteiger partial charge in [0.05, 0.1) is 11.2 Å². The van der Waals surface area contributed by atoms with E-state index in [4.69, 9.17) is 0 Å². The van der Waals surface area contributed by atoms with Crippen molar-refractivity contribution in [3.8, 4) is 11.3 Å². The molecule has 0 N–H and O–H groups in total. The van der Waals surface area contributed by atoms with E-state index in [0.29, 0.717) is 0 Å². The molecule has 0 bridgehead atoms. The number of benzene rings is 1. The molecule has 0 aliphatic heterocycles. The third-order valence-electron chi connectivity index (χ3n) is 3.76. The van der Waals surface area contributed by atoms with E-state index in [2.05, 4.69) is 35.1 Å². The van der Waals surface area contributed by atoms with Crippen LogP contribution in [0.15, 0.2) is 60.9 Å². The quantitative estimate of drug-likeness (QED) is 0.381. The molecule has 0 atom stereocenters. The normalized spacial score (nSPS) is 9.50. The van der Waals surface area contributed by atoms with E-state index in [1.165, 1.54) is 12.8 Å². The zero-order valence-corrected chi connectivity index (χ0v) is 18.4. The molecule has 3 radical (unpaired) electrons. The average molecular weight is 487 g/mol. The SMILES string of the molecule is CCCC[CH][CH][CH]C(C)=O.[Cl-].[Pd+2].c1ccc(-c2cccc3cccnc23)nc1. The number of nitrogens with zero attached hydrogens (tertiary/aromatic N) is 2. The number of hydrogen-bond donors (Lipinski definition) is 0. The number of ketones is 1. The van der Waals surface area contributed by atoms with Crippen LogP contribution in [-0.2, 0) is 25.2 Å². The van der Waals surface area contributed by atoms with E-state index >= 15 is 0 Å². The average Bonchev–Trinajstić information content (AvgIpc) is 2.68. The molecule has 3 rings (SSSR count). The second-order valence-corrected chi connectivity index (χ2v) is 5.94. The fraction of sp³-hybridized carbons (Fsp3) is 0.217. The summed E-state index contributed by atoms with van der Waals surface area (Å²) in [6, 6.07) is 16.1. The first-order valence-corrected chi connectivity index (χ1v) is 8.98. The van der Waals surface area contributed by atoms with Gasteiger partial charge in [-0.15, -0.1) is 0 Å². The van der Waals surface area contributed by atoms with Gasteiger partial charge >= 0.3 is 20.4 Å². The van der Waals surface area contributed by atoms with Crippen molar-refractivity contribution in [2.24, 2.45) is 0 Å². The Morgan fingerprint density at radius 3 is 2.43 bits per heavy atom. The first kappa shape index (κ1) is 26.4. The maximum atomic E-state index is 10.4. The molecule has 0 aliphatic carbocycles. The second-order valence-electron chi connectivity index (χ2n) is 5.94. The number of pyridine rings is 2. The molecular weight excluding hydrogens is 462 g/mol. The Morgan fingerprint density at radius 1 is 1.00 bits per heavy atom. The van der Waals surface area contributed by atoms with Crippen molar-refractivity contribution in [3.05, 3.63) is 80.2 Å². The first-order valence-electron chi connectivity index (χ1n) is 8.98. The van der Waals surface area contributed by atoms with Crippen LogP contribution in [0.3, 0.4) is 0 Å². The minimum absolute atomic E-state index is 0. The van der Waals surface area contributed by atoms with Gasteiger partial charge < -0.3 is 12.4 Å². The topological polar surface area (TPSA) is 42.9 Å². The van der Waals surface area contributed by atoms with Crippen LogP contribution in [0.5, 0.6) is 0 Å². The summed E-state index contributed by atoms with van der Waals surface area (Å²) >= 11 is 0. The number of carbonyl (C=O) groups is 1. The second kappa shape index (κ2) is 15.3. The Balaban J connectivity index is 0.000000540. The molecule has 0 spiro atoms. The van der Waals surface area contributed by atoms with Crippen molar-refractivity contribution in [3.63, 3.8) is 0 Å². The number of rotatable bonds is 7. The summed E-state index contributed by atoms with van der Waals surface area (Å²) in [5.74, 6) is 0.118. The van der Waals surface area contributed by atoms with Gasteiger partial charge in [0.25, 0.3) is 0 Å². The molecule has 0 amide bonds. The van der Waals surface area contributed by atoms with Crippen molar-refractivity contribution in [2.45, 2.75) is 33.1 Å². The van der Waals surface area contributed by atoms with Crippen molar-refractivity contribution in [2.75, 3.05) is 0 Å². The maximum absolute atomic E-state index is 10.4. The van der Waals surface area contributed by atoms with Crippen LogP contribution in [0, 0.1) is 19.3 Å². The fourth-order valence-electron chi connectivity index (χ4n) is 2.45. The molecule has 0 saturated heterocycles. The Hall–Kier alpha value is -1.60. The molecule has 2 heterocycles. The monoisotopic (exact) mass is 486 g/mol. The number of Topliss-reactive ketones (excluding diaryl/α,β-unsaturated/α-hetero) is 1. The number of para-hydroxylation sites is 1. The van der Waals surface area contributed by atoms with Crippen LogP contribution in [0.2, 0.25) is 0 Å². The zero-order chi connectivity index (χ0) is 18.6. The van der Waals surface area contributed by atoms with Gasteiger partial charge in [-0.05, 0) is 44.4 Å².